The number of sulfonamides is 1. The molecule has 1 aromatic rings. The number of isothiocyanates is 1. The van der Waals surface area contributed by atoms with Gasteiger partial charge in [-0.25, -0.2) is 8.42 Å². The highest BCUT2D eigenvalue weighted by Crippen LogP contribution is 2.17. The fourth-order valence-corrected chi connectivity index (χ4v) is 1.57. The van der Waals surface area contributed by atoms with E-state index in [4.69, 9.17) is 0 Å². The fourth-order valence-electron chi connectivity index (χ4n) is 0.906. The van der Waals surface area contributed by atoms with Gasteiger partial charge in [0.25, 0.3) is 0 Å². The second-order valence-corrected chi connectivity index (χ2v) is 4.56. The van der Waals surface area contributed by atoms with E-state index in [1.54, 1.807) is 24.3 Å². The molecule has 0 aromatic heterocycles. The molecule has 0 aliphatic rings. The lowest BCUT2D eigenvalue weighted by Crippen LogP contribution is -2.09. The Kier molecular flexibility index (Phi) is 3.35. The molecule has 4 nitrogen and oxygen atoms in total. The van der Waals surface area contributed by atoms with Gasteiger partial charge in [0.2, 0.25) is 10.0 Å². The van der Waals surface area contributed by atoms with E-state index >= 15 is 0 Å². The molecule has 0 radical (unpaired) electrons. The van der Waals surface area contributed by atoms with E-state index in [9.17, 15) is 8.42 Å². The van der Waals surface area contributed by atoms with E-state index in [2.05, 4.69) is 27.1 Å². The monoisotopic (exact) mass is 228 g/mol. The summed E-state index contributed by atoms with van der Waals surface area (Å²) in [7, 11) is -3.25. The Morgan fingerprint density at radius 2 is 2.21 bits per heavy atom. The van der Waals surface area contributed by atoms with Crippen LogP contribution in [0.4, 0.5) is 11.4 Å². The van der Waals surface area contributed by atoms with Crippen LogP contribution in [0.2, 0.25) is 0 Å². The number of benzene rings is 1. The van der Waals surface area contributed by atoms with Gasteiger partial charge in [0.05, 0.1) is 22.8 Å². The van der Waals surface area contributed by atoms with Gasteiger partial charge >= 0.3 is 0 Å². The molecule has 0 aliphatic heterocycles. The highest BCUT2D eigenvalue weighted by atomic mass is 32.2. The average Bonchev–Trinajstić information content (AvgIpc) is 2.02. The van der Waals surface area contributed by atoms with Crippen LogP contribution in [-0.2, 0) is 10.0 Å². The summed E-state index contributed by atoms with van der Waals surface area (Å²) in [5.74, 6) is 0. The van der Waals surface area contributed by atoms with E-state index in [-0.39, 0.29) is 0 Å². The predicted octanol–water partition coefficient (Wildman–Crippen LogP) is 1.79. The summed E-state index contributed by atoms with van der Waals surface area (Å²) in [6, 6.07) is 6.58. The molecule has 1 N–H and O–H groups in total. The molecule has 0 bridgehead atoms. The normalized spacial score (nSPS) is 10.4. The van der Waals surface area contributed by atoms with Crippen molar-refractivity contribution in [3.8, 4) is 0 Å². The molecule has 0 fully saturated rings. The molecule has 0 amide bonds. The predicted molar refractivity (Wildman–Crippen MR) is 59.6 cm³/mol. The lowest BCUT2D eigenvalue weighted by Gasteiger charge is -2.02. The van der Waals surface area contributed by atoms with Crippen LogP contribution in [-0.4, -0.2) is 19.8 Å². The van der Waals surface area contributed by atoms with Crippen LogP contribution < -0.4 is 4.72 Å². The Hall–Kier alpha value is -1.23. The first-order valence-electron chi connectivity index (χ1n) is 3.67. The summed E-state index contributed by atoms with van der Waals surface area (Å²) in [5, 5.41) is 2.21. The van der Waals surface area contributed by atoms with Gasteiger partial charge in [-0.1, -0.05) is 6.07 Å². The van der Waals surface area contributed by atoms with Crippen LogP contribution in [0.15, 0.2) is 29.3 Å². The summed E-state index contributed by atoms with van der Waals surface area (Å²) in [6.45, 7) is 0. The van der Waals surface area contributed by atoms with Crippen molar-refractivity contribution >= 4 is 38.8 Å². The van der Waals surface area contributed by atoms with Crippen molar-refractivity contribution < 1.29 is 8.42 Å². The number of nitrogens with zero attached hydrogens (tertiary/aromatic N) is 1. The zero-order valence-corrected chi connectivity index (χ0v) is 9.02. The van der Waals surface area contributed by atoms with Crippen molar-refractivity contribution in [1.82, 2.24) is 0 Å². The molecule has 1 rings (SSSR count). The van der Waals surface area contributed by atoms with Gasteiger partial charge in [-0.3, -0.25) is 4.72 Å². The molecule has 0 atom stereocenters. The summed E-state index contributed by atoms with van der Waals surface area (Å²) >= 11 is 4.43. The highest BCUT2D eigenvalue weighted by Gasteiger charge is 2.01. The molecular weight excluding hydrogens is 220 g/mol. The number of nitrogens with one attached hydrogen (secondary N) is 1. The van der Waals surface area contributed by atoms with Gasteiger partial charge in [-0.15, -0.1) is 0 Å². The van der Waals surface area contributed by atoms with Gasteiger partial charge in [0.15, 0.2) is 0 Å². The quantitative estimate of drug-likeness (QED) is 0.634. The smallest absolute Gasteiger partial charge is 0.229 e. The third-order valence-electron chi connectivity index (χ3n) is 1.32. The van der Waals surface area contributed by atoms with E-state index < -0.39 is 10.0 Å². The highest BCUT2D eigenvalue weighted by molar-refractivity contribution is 7.92. The van der Waals surface area contributed by atoms with Gasteiger partial charge < -0.3 is 0 Å². The van der Waals surface area contributed by atoms with Crippen molar-refractivity contribution in [3.63, 3.8) is 0 Å². The largest absolute Gasteiger partial charge is 0.284 e. The Labute approximate surface area is 87.7 Å². The van der Waals surface area contributed by atoms with Crippen molar-refractivity contribution in [2.45, 2.75) is 0 Å². The van der Waals surface area contributed by atoms with Crippen molar-refractivity contribution in [2.24, 2.45) is 4.99 Å². The van der Waals surface area contributed by atoms with Gasteiger partial charge in [0.1, 0.15) is 0 Å². The standard InChI is InChI=1S/C8H8N2O2S2/c1-14(11,12)10-8-4-2-3-7(5-8)9-6-13/h2-5,10H,1H3. The SMILES string of the molecule is CS(=O)(=O)Nc1cccc(N=C=S)c1. The minimum absolute atomic E-state index is 0.457. The Bertz CT molecular complexity index is 476. The summed E-state index contributed by atoms with van der Waals surface area (Å²) in [5.41, 5.74) is 1.02. The van der Waals surface area contributed by atoms with E-state index in [0.717, 1.165) is 6.26 Å². The van der Waals surface area contributed by atoms with Crippen molar-refractivity contribution in [1.29, 1.82) is 0 Å². The third kappa shape index (κ3) is 3.66. The Balaban J connectivity index is 3.00. The van der Waals surface area contributed by atoms with E-state index in [1.165, 1.54) is 0 Å². The minimum atomic E-state index is -3.25. The zero-order valence-electron chi connectivity index (χ0n) is 7.39. The zero-order chi connectivity index (χ0) is 10.6. The van der Waals surface area contributed by atoms with Gasteiger partial charge in [0, 0.05) is 0 Å². The fraction of sp³-hybridized carbons (Fsp3) is 0.125. The molecule has 1 aromatic carbocycles. The molecule has 0 heterocycles. The molecule has 0 unspecified atom stereocenters. The van der Waals surface area contributed by atoms with Crippen LogP contribution in [0.5, 0.6) is 0 Å². The summed E-state index contributed by atoms with van der Waals surface area (Å²) in [6.07, 6.45) is 1.09. The maximum atomic E-state index is 10.9. The van der Waals surface area contributed by atoms with Crippen LogP contribution in [0.1, 0.15) is 0 Å². The number of hydrogen-bond acceptors (Lipinski definition) is 4. The summed E-state index contributed by atoms with van der Waals surface area (Å²) in [4.78, 5) is 3.73. The number of thiocarbonyl (C=S) groups is 1. The lowest BCUT2D eigenvalue weighted by molar-refractivity contribution is 0.607. The molecule has 0 aliphatic carbocycles. The third-order valence-corrected chi connectivity index (χ3v) is 2.02. The van der Waals surface area contributed by atoms with Crippen LogP contribution in [0, 0.1) is 0 Å². The topological polar surface area (TPSA) is 58.5 Å². The van der Waals surface area contributed by atoms with Crippen molar-refractivity contribution in [2.75, 3.05) is 11.0 Å². The Morgan fingerprint density at radius 3 is 2.79 bits per heavy atom. The van der Waals surface area contributed by atoms with E-state index in [0.29, 0.717) is 11.4 Å². The molecular formula is C8H8N2O2S2. The molecule has 74 valence electrons. The van der Waals surface area contributed by atoms with E-state index in [1.807, 2.05) is 0 Å². The molecule has 6 heteroatoms. The number of aliphatic imine (C=N–C) groups is 1. The first-order valence-corrected chi connectivity index (χ1v) is 5.97. The maximum Gasteiger partial charge on any atom is 0.229 e. The first-order chi connectivity index (χ1) is 6.51. The average molecular weight is 228 g/mol. The first kappa shape index (κ1) is 10.8. The number of anilines is 1. The molecule has 14 heavy (non-hydrogen) atoms. The van der Waals surface area contributed by atoms with Crippen LogP contribution >= 0.6 is 12.2 Å². The minimum Gasteiger partial charge on any atom is -0.284 e. The lowest BCUT2D eigenvalue weighted by atomic mass is 10.3. The second-order valence-electron chi connectivity index (χ2n) is 2.63. The van der Waals surface area contributed by atoms with Gasteiger partial charge in [-0.2, -0.15) is 4.99 Å². The number of hydrogen-bond donors (Lipinski definition) is 1. The molecule has 0 saturated carbocycles. The Morgan fingerprint density at radius 1 is 1.50 bits per heavy atom. The van der Waals surface area contributed by atoms with Gasteiger partial charge in [-0.05, 0) is 30.4 Å². The van der Waals surface area contributed by atoms with Crippen molar-refractivity contribution in [3.05, 3.63) is 24.3 Å². The van der Waals surface area contributed by atoms with Crippen LogP contribution in [0.25, 0.3) is 0 Å². The number of rotatable bonds is 3. The molecule has 0 spiro atoms. The summed E-state index contributed by atoms with van der Waals surface area (Å²) < 4.78 is 24.1. The van der Waals surface area contributed by atoms with Crippen LogP contribution in [0.3, 0.4) is 0 Å². The maximum absolute atomic E-state index is 10.9. The molecule has 0 saturated heterocycles. The second kappa shape index (κ2) is 4.32.